The topological polar surface area (TPSA) is 104 Å². The highest BCUT2D eigenvalue weighted by Crippen LogP contribution is 2.40. The fourth-order valence-electron chi connectivity index (χ4n) is 3.97. The standard InChI is InChI=1S/C27H22FNO6/c1-2-35-27(34)19-5-3-16(4-6-19)15-29-23(17-9-13-21(30)14-10-17)22(25(32)26(29)33)24(31)18-7-11-20(28)12-8-18/h3-14,23,30-31H,2,15H2,1H3/b24-22+. The number of phenols is 1. The molecular weight excluding hydrogens is 453 g/mol. The predicted molar refractivity (Wildman–Crippen MR) is 125 cm³/mol. The number of ether oxygens (including phenoxy) is 1. The second-order valence-electron chi connectivity index (χ2n) is 7.94. The maximum atomic E-state index is 13.4. The van der Waals surface area contributed by atoms with Crippen molar-refractivity contribution in [2.75, 3.05) is 6.61 Å². The van der Waals surface area contributed by atoms with Crippen molar-refractivity contribution in [2.24, 2.45) is 0 Å². The lowest BCUT2D eigenvalue weighted by Gasteiger charge is -2.25. The third kappa shape index (κ3) is 4.77. The van der Waals surface area contributed by atoms with Crippen LogP contribution in [0.2, 0.25) is 0 Å². The normalized spacial score (nSPS) is 17.0. The quantitative estimate of drug-likeness (QED) is 0.238. The van der Waals surface area contributed by atoms with Gasteiger partial charge in [0.25, 0.3) is 11.7 Å². The number of carbonyl (C=O) groups excluding carboxylic acids is 3. The van der Waals surface area contributed by atoms with Crippen LogP contribution < -0.4 is 0 Å². The number of esters is 1. The molecule has 1 fully saturated rings. The summed E-state index contributed by atoms with van der Waals surface area (Å²) in [5, 5.41) is 20.7. The van der Waals surface area contributed by atoms with Crippen molar-refractivity contribution < 1.29 is 33.7 Å². The summed E-state index contributed by atoms with van der Waals surface area (Å²) >= 11 is 0. The van der Waals surface area contributed by atoms with Crippen LogP contribution in [0.25, 0.3) is 5.76 Å². The van der Waals surface area contributed by atoms with Gasteiger partial charge in [0.05, 0.1) is 23.8 Å². The Balaban J connectivity index is 1.75. The van der Waals surface area contributed by atoms with Gasteiger partial charge in [0.2, 0.25) is 0 Å². The van der Waals surface area contributed by atoms with Crippen LogP contribution >= 0.6 is 0 Å². The van der Waals surface area contributed by atoms with Crippen LogP contribution in [0, 0.1) is 5.82 Å². The molecule has 4 rings (SSSR count). The van der Waals surface area contributed by atoms with Crippen LogP contribution in [0.5, 0.6) is 5.75 Å². The van der Waals surface area contributed by atoms with E-state index in [1.165, 1.54) is 29.2 Å². The summed E-state index contributed by atoms with van der Waals surface area (Å²) in [6.45, 7) is 1.96. The van der Waals surface area contributed by atoms with Gasteiger partial charge >= 0.3 is 5.97 Å². The van der Waals surface area contributed by atoms with Crippen molar-refractivity contribution in [1.29, 1.82) is 0 Å². The zero-order chi connectivity index (χ0) is 25.1. The fraction of sp³-hybridized carbons (Fsp3) is 0.148. The average molecular weight is 475 g/mol. The molecule has 0 aliphatic carbocycles. The van der Waals surface area contributed by atoms with Crippen molar-refractivity contribution in [3.05, 3.63) is 106 Å². The Bertz CT molecular complexity index is 1300. The van der Waals surface area contributed by atoms with Crippen molar-refractivity contribution in [3.63, 3.8) is 0 Å². The summed E-state index contributed by atoms with van der Waals surface area (Å²) in [4.78, 5) is 39.4. The molecule has 1 unspecified atom stereocenters. The summed E-state index contributed by atoms with van der Waals surface area (Å²) in [5.74, 6) is -3.11. The minimum atomic E-state index is -0.953. The number of nitrogens with zero attached hydrogens (tertiary/aromatic N) is 1. The summed E-state index contributed by atoms with van der Waals surface area (Å²) in [6.07, 6.45) is 0. The predicted octanol–water partition coefficient (Wildman–Crippen LogP) is 4.33. The van der Waals surface area contributed by atoms with E-state index >= 15 is 0 Å². The molecule has 8 heteroatoms. The van der Waals surface area contributed by atoms with Gasteiger partial charge in [0, 0.05) is 12.1 Å². The lowest BCUT2D eigenvalue weighted by molar-refractivity contribution is -0.140. The number of benzene rings is 3. The molecule has 7 nitrogen and oxygen atoms in total. The van der Waals surface area contributed by atoms with Gasteiger partial charge in [-0.1, -0.05) is 24.3 Å². The van der Waals surface area contributed by atoms with E-state index in [1.54, 1.807) is 43.3 Å². The smallest absolute Gasteiger partial charge is 0.338 e. The van der Waals surface area contributed by atoms with E-state index in [4.69, 9.17) is 4.74 Å². The highest BCUT2D eigenvalue weighted by Gasteiger charge is 2.46. The van der Waals surface area contributed by atoms with E-state index in [0.717, 1.165) is 12.1 Å². The minimum absolute atomic E-state index is 0.00112. The molecule has 2 N–H and O–H groups in total. The third-order valence-electron chi connectivity index (χ3n) is 5.68. The maximum absolute atomic E-state index is 13.4. The second kappa shape index (κ2) is 9.80. The van der Waals surface area contributed by atoms with Crippen LogP contribution in [0.3, 0.4) is 0 Å². The Morgan fingerprint density at radius 3 is 2.14 bits per heavy atom. The van der Waals surface area contributed by atoms with Crippen molar-refractivity contribution in [2.45, 2.75) is 19.5 Å². The highest BCUT2D eigenvalue weighted by atomic mass is 19.1. The number of rotatable bonds is 6. The van der Waals surface area contributed by atoms with E-state index in [2.05, 4.69) is 0 Å². The van der Waals surface area contributed by atoms with Crippen LogP contribution in [-0.2, 0) is 20.9 Å². The fourth-order valence-corrected chi connectivity index (χ4v) is 3.97. The molecule has 1 heterocycles. The Morgan fingerprint density at radius 1 is 0.943 bits per heavy atom. The first-order valence-corrected chi connectivity index (χ1v) is 10.9. The summed E-state index contributed by atoms with van der Waals surface area (Å²) in [6, 6.07) is 16.4. The van der Waals surface area contributed by atoms with E-state index in [1.807, 2.05) is 0 Å². The van der Waals surface area contributed by atoms with Gasteiger partial charge < -0.3 is 19.8 Å². The molecule has 1 saturated heterocycles. The van der Waals surface area contributed by atoms with Crippen molar-refractivity contribution in [3.8, 4) is 5.75 Å². The minimum Gasteiger partial charge on any atom is -0.508 e. The SMILES string of the molecule is CCOC(=O)c1ccc(CN2C(=O)C(=O)/C(=C(/O)c3ccc(F)cc3)C2c2ccc(O)cc2)cc1. The van der Waals surface area contributed by atoms with E-state index in [0.29, 0.717) is 16.7 Å². The average Bonchev–Trinajstić information content (AvgIpc) is 3.10. The molecule has 35 heavy (non-hydrogen) atoms. The number of aliphatic hydroxyl groups excluding tert-OH is 1. The van der Waals surface area contributed by atoms with E-state index in [-0.39, 0.29) is 30.0 Å². The molecule has 3 aromatic rings. The maximum Gasteiger partial charge on any atom is 0.338 e. The number of carbonyl (C=O) groups is 3. The van der Waals surface area contributed by atoms with Gasteiger partial charge in [-0.2, -0.15) is 0 Å². The Morgan fingerprint density at radius 2 is 1.54 bits per heavy atom. The number of amides is 1. The Kier molecular flexibility index (Phi) is 6.64. The molecule has 3 aromatic carbocycles. The zero-order valence-electron chi connectivity index (χ0n) is 18.8. The van der Waals surface area contributed by atoms with Gasteiger partial charge in [0.1, 0.15) is 17.3 Å². The highest BCUT2D eigenvalue weighted by molar-refractivity contribution is 6.46. The number of aliphatic hydroxyl groups is 1. The lowest BCUT2D eigenvalue weighted by Crippen LogP contribution is -2.29. The second-order valence-corrected chi connectivity index (χ2v) is 7.94. The largest absolute Gasteiger partial charge is 0.508 e. The molecule has 0 spiro atoms. The van der Waals surface area contributed by atoms with Crippen LogP contribution in [0.4, 0.5) is 4.39 Å². The molecule has 1 aliphatic heterocycles. The summed E-state index contributed by atoms with van der Waals surface area (Å²) in [5.41, 5.74) is 1.53. The van der Waals surface area contributed by atoms with E-state index in [9.17, 15) is 29.0 Å². The lowest BCUT2D eigenvalue weighted by atomic mass is 9.95. The molecule has 0 bridgehead atoms. The number of ketones is 1. The third-order valence-corrected chi connectivity index (χ3v) is 5.68. The molecule has 0 saturated carbocycles. The number of likely N-dealkylation sites (tertiary alicyclic amines) is 1. The monoisotopic (exact) mass is 475 g/mol. The number of Topliss-reactive ketones (excluding diaryl/α,β-unsaturated/α-hetero) is 1. The Hall–Kier alpha value is -4.46. The van der Waals surface area contributed by atoms with Crippen LogP contribution in [0.15, 0.2) is 78.4 Å². The molecular formula is C27H22FNO6. The molecule has 178 valence electrons. The number of hydrogen-bond donors (Lipinski definition) is 2. The number of phenolic OH excluding ortho intramolecular Hbond substituents is 1. The molecule has 1 atom stereocenters. The van der Waals surface area contributed by atoms with Gasteiger partial charge in [-0.05, 0) is 66.6 Å². The molecule has 0 radical (unpaired) electrons. The van der Waals surface area contributed by atoms with Gasteiger partial charge in [-0.25, -0.2) is 9.18 Å². The first kappa shape index (κ1) is 23.7. The zero-order valence-corrected chi connectivity index (χ0v) is 18.8. The van der Waals surface area contributed by atoms with Gasteiger partial charge in [-0.15, -0.1) is 0 Å². The molecule has 1 aliphatic rings. The molecule has 1 amide bonds. The number of hydrogen-bond acceptors (Lipinski definition) is 6. The summed E-state index contributed by atoms with van der Waals surface area (Å²) < 4.78 is 18.4. The molecule has 0 aromatic heterocycles. The van der Waals surface area contributed by atoms with Crippen molar-refractivity contribution >= 4 is 23.4 Å². The van der Waals surface area contributed by atoms with Gasteiger partial charge in [-0.3, -0.25) is 9.59 Å². The van der Waals surface area contributed by atoms with Gasteiger partial charge in [0.15, 0.2) is 0 Å². The first-order valence-electron chi connectivity index (χ1n) is 10.9. The Labute approximate surface area is 200 Å². The van der Waals surface area contributed by atoms with Crippen molar-refractivity contribution in [1.82, 2.24) is 4.90 Å². The summed E-state index contributed by atoms with van der Waals surface area (Å²) in [7, 11) is 0. The van der Waals surface area contributed by atoms with E-state index < -0.39 is 35.3 Å². The number of halogens is 1. The first-order chi connectivity index (χ1) is 16.8. The number of aromatic hydroxyl groups is 1. The van der Waals surface area contributed by atoms with Crippen LogP contribution in [0.1, 0.15) is 40.0 Å². The van der Waals surface area contributed by atoms with Crippen LogP contribution in [-0.4, -0.2) is 39.4 Å².